The predicted octanol–water partition coefficient (Wildman–Crippen LogP) is 3.59. The third-order valence-electron chi connectivity index (χ3n) is 2.06. The molecule has 1 aromatic carbocycles. The number of halogens is 3. The summed E-state index contributed by atoms with van der Waals surface area (Å²) in [5.41, 5.74) is 6.81. The number of carbonyl (C=O) groups excluding carboxylic acids is 1. The minimum atomic E-state index is -0.330. The number of nitrogens with two attached hydrogens (primary N) is 1. The van der Waals surface area contributed by atoms with Crippen molar-refractivity contribution in [3.63, 3.8) is 0 Å². The summed E-state index contributed by atoms with van der Waals surface area (Å²) in [6.07, 6.45) is 0.196. The smallest absolute Gasteiger partial charge is 0.307 e. The van der Waals surface area contributed by atoms with Crippen molar-refractivity contribution in [1.82, 2.24) is 0 Å². The number of ether oxygens (including phenoxy) is 1. The molecule has 3 nitrogen and oxygen atoms in total. The lowest BCUT2D eigenvalue weighted by atomic mass is 10.1. The molecule has 0 spiro atoms. The van der Waals surface area contributed by atoms with Gasteiger partial charge in [0.2, 0.25) is 0 Å². The summed E-state index contributed by atoms with van der Waals surface area (Å²) >= 11 is 6.77. The number of benzene rings is 1. The molecule has 1 rings (SSSR count). The molecule has 0 unspecified atom stereocenters. The van der Waals surface area contributed by atoms with Crippen LogP contribution in [0.3, 0.4) is 0 Å². The Kier molecular flexibility index (Phi) is 8.03. The highest BCUT2D eigenvalue weighted by molar-refractivity contribution is 9.13. The molecular weight excluding hydrogens is 373 g/mol. The summed E-state index contributed by atoms with van der Waals surface area (Å²) < 4.78 is 6.73. The zero-order valence-corrected chi connectivity index (χ0v) is 13.3. The molecule has 0 aromatic heterocycles. The fourth-order valence-electron chi connectivity index (χ4n) is 1.26. The maximum absolute atomic E-state index is 11.3. The summed E-state index contributed by atoms with van der Waals surface area (Å²) in [6, 6.07) is 5.35. The van der Waals surface area contributed by atoms with E-state index in [2.05, 4.69) is 31.9 Å². The van der Waals surface area contributed by atoms with E-state index >= 15 is 0 Å². The maximum atomic E-state index is 11.3. The van der Waals surface area contributed by atoms with Crippen molar-refractivity contribution in [2.45, 2.75) is 19.4 Å². The molecule has 17 heavy (non-hydrogen) atoms. The number of rotatable bonds is 4. The first-order valence-corrected chi connectivity index (χ1v) is 6.49. The van der Waals surface area contributed by atoms with Crippen LogP contribution >= 0.6 is 44.3 Å². The Bertz CT molecular complexity index is 388. The van der Waals surface area contributed by atoms with E-state index in [1.54, 1.807) is 6.92 Å². The summed E-state index contributed by atoms with van der Waals surface area (Å²) in [4.78, 5) is 11.3. The first-order chi connectivity index (χ1) is 7.54. The molecule has 1 atom stereocenters. The van der Waals surface area contributed by atoms with E-state index in [1.807, 2.05) is 18.2 Å². The molecule has 6 heteroatoms. The molecule has 0 radical (unpaired) electrons. The molecule has 0 bridgehead atoms. The summed E-state index contributed by atoms with van der Waals surface area (Å²) in [5, 5.41) is 0. The van der Waals surface area contributed by atoms with Crippen molar-refractivity contribution < 1.29 is 9.53 Å². The van der Waals surface area contributed by atoms with Crippen LogP contribution in [0.1, 0.15) is 24.9 Å². The molecule has 0 fully saturated rings. The summed E-state index contributed by atoms with van der Waals surface area (Å²) in [5.74, 6) is -0.269. The van der Waals surface area contributed by atoms with Gasteiger partial charge in [0.15, 0.2) is 0 Å². The minimum Gasteiger partial charge on any atom is -0.466 e. The average molecular weight is 387 g/mol. The number of carbonyl (C=O) groups is 1. The van der Waals surface area contributed by atoms with E-state index in [0.717, 1.165) is 14.5 Å². The molecule has 1 aromatic rings. The SMILES string of the molecule is CCOC(=O)C[C@@H](N)c1ccc(Br)c(Br)c1.Cl. The zero-order valence-electron chi connectivity index (χ0n) is 9.28. The van der Waals surface area contributed by atoms with E-state index in [0.29, 0.717) is 6.61 Å². The van der Waals surface area contributed by atoms with E-state index in [4.69, 9.17) is 10.5 Å². The van der Waals surface area contributed by atoms with Gasteiger partial charge in [0, 0.05) is 15.0 Å². The largest absolute Gasteiger partial charge is 0.466 e. The van der Waals surface area contributed by atoms with E-state index < -0.39 is 0 Å². The average Bonchev–Trinajstić information content (AvgIpc) is 2.22. The Morgan fingerprint density at radius 2 is 2.06 bits per heavy atom. The molecule has 0 aliphatic rings. The first-order valence-electron chi connectivity index (χ1n) is 4.90. The highest BCUT2D eigenvalue weighted by atomic mass is 79.9. The van der Waals surface area contributed by atoms with Gasteiger partial charge < -0.3 is 10.5 Å². The van der Waals surface area contributed by atoms with Crippen molar-refractivity contribution >= 4 is 50.2 Å². The molecule has 0 saturated heterocycles. The number of hydrogen-bond acceptors (Lipinski definition) is 3. The van der Waals surface area contributed by atoms with Crippen molar-refractivity contribution in [2.75, 3.05) is 6.61 Å². The van der Waals surface area contributed by atoms with E-state index in [9.17, 15) is 4.79 Å². The molecule has 96 valence electrons. The Balaban J connectivity index is 0.00000256. The fourth-order valence-corrected chi connectivity index (χ4v) is 1.90. The van der Waals surface area contributed by atoms with Crippen LogP contribution in [-0.2, 0) is 9.53 Å². The maximum Gasteiger partial charge on any atom is 0.307 e. The lowest BCUT2D eigenvalue weighted by molar-refractivity contribution is -0.143. The monoisotopic (exact) mass is 385 g/mol. The normalized spacial score (nSPS) is 11.5. The molecule has 0 amide bonds. The standard InChI is InChI=1S/C11H13Br2NO2.ClH/c1-2-16-11(15)6-10(14)7-3-4-8(12)9(13)5-7;/h3-5,10H,2,6,14H2,1H3;1H/t10-;/m1./s1. The molecule has 0 heterocycles. The van der Waals surface area contributed by atoms with Crippen LogP contribution in [0.25, 0.3) is 0 Å². The van der Waals surface area contributed by atoms with Gasteiger partial charge in [-0.2, -0.15) is 0 Å². The van der Waals surface area contributed by atoms with Gasteiger partial charge in [-0.05, 0) is 56.5 Å². The Labute approximate surface area is 124 Å². The van der Waals surface area contributed by atoms with Crippen molar-refractivity contribution in [1.29, 1.82) is 0 Å². The molecule has 0 saturated carbocycles. The van der Waals surface area contributed by atoms with E-state index in [1.165, 1.54) is 0 Å². The summed E-state index contributed by atoms with van der Waals surface area (Å²) in [6.45, 7) is 2.16. The first kappa shape index (κ1) is 16.9. The molecule has 0 aliphatic carbocycles. The second-order valence-corrected chi connectivity index (χ2v) is 5.00. The van der Waals surface area contributed by atoms with Gasteiger partial charge in [0.1, 0.15) is 0 Å². The lowest BCUT2D eigenvalue weighted by Crippen LogP contribution is -2.17. The highest BCUT2D eigenvalue weighted by Crippen LogP contribution is 2.26. The van der Waals surface area contributed by atoms with Gasteiger partial charge in [-0.3, -0.25) is 4.79 Å². The van der Waals surface area contributed by atoms with Crippen LogP contribution in [0.5, 0.6) is 0 Å². The Hall–Kier alpha value is -0.100. The fraction of sp³-hybridized carbons (Fsp3) is 0.364. The zero-order chi connectivity index (χ0) is 12.1. The van der Waals surface area contributed by atoms with Crippen molar-refractivity contribution in [2.24, 2.45) is 5.73 Å². The van der Waals surface area contributed by atoms with Gasteiger partial charge in [-0.1, -0.05) is 6.07 Å². The second-order valence-electron chi connectivity index (χ2n) is 3.29. The molecule has 0 aliphatic heterocycles. The Morgan fingerprint density at radius 3 is 2.59 bits per heavy atom. The molecule has 2 N–H and O–H groups in total. The second kappa shape index (κ2) is 8.08. The van der Waals surface area contributed by atoms with Crippen LogP contribution in [-0.4, -0.2) is 12.6 Å². The Morgan fingerprint density at radius 1 is 1.41 bits per heavy atom. The topological polar surface area (TPSA) is 52.3 Å². The van der Waals surface area contributed by atoms with Crippen LogP contribution in [0.15, 0.2) is 27.1 Å². The van der Waals surface area contributed by atoms with Crippen LogP contribution < -0.4 is 5.73 Å². The van der Waals surface area contributed by atoms with Crippen LogP contribution in [0.4, 0.5) is 0 Å². The lowest BCUT2D eigenvalue weighted by Gasteiger charge is -2.12. The summed E-state index contributed by atoms with van der Waals surface area (Å²) in [7, 11) is 0. The van der Waals surface area contributed by atoms with E-state index in [-0.39, 0.29) is 30.8 Å². The highest BCUT2D eigenvalue weighted by Gasteiger charge is 2.13. The van der Waals surface area contributed by atoms with Gasteiger partial charge >= 0.3 is 5.97 Å². The van der Waals surface area contributed by atoms with Crippen molar-refractivity contribution in [3.05, 3.63) is 32.7 Å². The van der Waals surface area contributed by atoms with Crippen molar-refractivity contribution in [3.8, 4) is 0 Å². The van der Waals surface area contributed by atoms with Gasteiger partial charge in [0.05, 0.1) is 13.0 Å². The van der Waals surface area contributed by atoms with Crippen LogP contribution in [0, 0.1) is 0 Å². The predicted molar refractivity (Wildman–Crippen MR) is 77.3 cm³/mol. The molecular formula is C11H14Br2ClNO2. The van der Waals surface area contributed by atoms with Crippen LogP contribution in [0.2, 0.25) is 0 Å². The third kappa shape index (κ3) is 5.38. The number of esters is 1. The van der Waals surface area contributed by atoms with Gasteiger partial charge in [-0.15, -0.1) is 12.4 Å². The minimum absolute atomic E-state index is 0. The van der Waals surface area contributed by atoms with Gasteiger partial charge in [-0.25, -0.2) is 0 Å². The van der Waals surface area contributed by atoms with Gasteiger partial charge in [0.25, 0.3) is 0 Å². The quantitative estimate of drug-likeness (QED) is 0.804. The third-order valence-corrected chi connectivity index (χ3v) is 3.94. The number of hydrogen-bond donors (Lipinski definition) is 1.